The molecule has 1 aliphatic heterocycles. The lowest BCUT2D eigenvalue weighted by Crippen LogP contribution is -2.27. The lowest BCUT2D eigenvalue weighted by atomic mass is 10.0. The summed E-state index contributed by atoms with van der Waals surface area (Å²) >= 11 is 0. The Balaban J connectivity index is 1.42. The van der Waals surface area contributed by atoms with Crippen LogP contribution in [-0.2, 0) is 9.47 Å². The lowest BCUT2D eigenvalue weighted by molar-refractivity contribution is -0.206. The summed E-state index contributed by atoms with van der Waals surface area (Å²) in [6, 6.07) is 14.4. The van der Waals surface area contributed by atoms with E-state index < -0.39 is 5.97 Å². The van der Waals surface area contributed by atoms with Crippen LogP contribution in [-0.4, -0.2) is 25.8 Å². The minimum Gasteiger partial charge on any atom is -0.493 e. The third kappa shape index (κ3) is 8.44. The summed E-state index contributed by atoms with van der Waals surface area (Å²) in [5.74, 6) is 1.85. The van der Waals surface area contributed by atoms with Crippen LogP contribution in [0.25, 0.3) is 0 Å². The average molecular weight is 469 g/mol. The van der Waals surface area contributed by atoms with Crippen molar-refractivity contribution in [2.45, 2.75) is 72.0 Å². The number of hydrogen-bond acceptors (Lipinski definition) is 5. The number of carbonyl (C=O) groups excluding carboxylic acids is 1. The van der Waals surface area contributed by atoms with Gasteiger partial charge in [-0.2, -0.15) is 0 Å². The molecule has 1 aliphatic rings. The van der Waals surface area contributed by atoms with Gasteiger partial charge in [-0.25, -0.2) is 4.79 Å². The van der Waals surface area contributed by atoms with E-state index in [1.54, 1.807) is 24.3 Å². The summed E-state index contributed by atoms with van der Waals surface area (Å²) in [6.45, 7) is 8.66. The van der Waals surface area contributed by atoms with Gasteiger partial charge in [0.1, 0.15) is 11.5 Å². The van der Waals surface area contributed by atoms with Crippen molar-refractivity contribution in [1.82, 2.24) is 0 Å². The van der Waals surface area contributed by atoms with Crippen molar-refractivity contribution < 1.29 is 23.7 Å². The van der Waals surface area contributed by atoms with Gasteiger partial charge in [0.15, 0.2) is 6.29 Å². The van der Waals surface area contributed by atoms with Crippen LogP contribution < -0.4 is 9.47 Å². The highest BCUT2D eigenvalue weighted by Gasteiger charge is 2.23. The topological polar surface area (TPSA) is 54.0 Å². The Kier molecular flexibility index (Phi) is 10.9. The summed E-state index contributed by atoms with van der Waals surface area (Å²) < 4.78 is 23.2. The van der Waals surface area contributed by atoms with E-state index in [9.17, 15) is 4.79 Å². The van der Waals surface area contributed by atoms with Crippen LogP contribution >= 0.6 is 0 Å². The van der Waals surface area contributed by atoms with Gasteiger partial charge in [0.05, 0.1) is 25.4 Å². The second-order valence-electron chi connectivity index (χ2n) is 9.37. The normalized spacial score (nSPS) is 18.9. The number of unbranched alkanes of at least 4 members (excludes halogenated alkanes) is 4. The molecular weight excluding hydrogens is 428 g/mol. The molecule has 186 valence electrons. The van der Waals surface area contributed by atoms with E-state index in [2.05, 4.69) is 20.8 Å². The number of hydrogen-bond donors (Lipinski definition) is 0. The molecule has 1 heterocycles. The molecule has 0 aromatic heterocycles. The summed E-state index contributed by atoms with van der Waals surface area (Å²) in [6.07, 6.45) is 8.32. The Morgan fingerprint density at radius 3 is 2.21 bits per heavy atom. The molecule has 5 nitrogen and oxygen atoms in total. The Morgan fingerprint density at radius 2 is 1.56 bits per heavy atom. The fourth-order valence-electron chi connectivity index (χ4n) is 3.84. The first-order valence-electron chi connectivity index (χ1n) is 12.9. The summed E-state index contributed by atoms with van der Waals surface area (Å²) in [7, 11) is 0. The average Bonchev–Trinajstić information content (AvgIpc) is 2.88. The second kappa shape index (κ2) is 14.1. The first-order valence-corrected chi connectivity index (χ1v) is 12.9. The molecule has 3 rings (SSSR count). The SMILES string of the molecule is CCCCCCC[C@H]1CO[C@H](c2ccc(C(=O)Oc3ccc(OC[C@@H](C)CC)cc3)cc2)OC1. The van der Waals surface area contributed by atoms with E-state index in [1.807, 2.05) is 24.3 Å². The quantitative estimate of drug-likeness (QED) is 0.175. The number of ether oxygens (including phenoxy) is 4. The molecule has 0 N–H and O–H groups in total. The van der Waals surface area contributed by atoms with E-state index >= 15 is 0 Å². The second-order valence-corrected chi connectivity index (χ2v) is 9.37. The molecule has 0 radical (unpaired) electrons. The molecule has 1 saturated heterocycles. The van der Waals surface area contributed by atoms with Gasteiger partial charge < -0.3 is 18.9 Å². The van der Waals surface area contributed by atoms with Crippen molar-refractivity contribution in [3.63, 3.8) is 0 Å². The number of esters is 1. The molecule has 5 heteroatoms. The Hall–Kier alpha value is -2.37. The van der Waals surface area contributed by atoms with Gasteiger partial charge in [0, 0.05) is 11.5 Å². The van der Waals surface area contributed by atoms with Crippen molar-refractivity contribution in [1.29, 1.82) is 0 Å². The van der Waals surface area contributed by atoms with Gasteiger partial charge in [-0.3, -0.25) is 0 Å². The first kappa shape index (κ1) is 26.2. The van der Waals surface area contributed by atoms with Crippen LogP contribution in [0.3, 0.4) is 0 Å². The van der Waals surface area contributed by atoms with Crippen LogP contribution in [0.15, 0.2) is 48.5 Å². The van der Waals surface area contributed by atoms with Gasteiger partial charge >= 0.3 is 5.97 Å². The van der Waals surface area contributed by atoms with E-state index in [0.717, 1.165) is 37.4 Å². The molecule has 1 atom stereocenters. The van der Waals surface area contributed by atoms with Gasteiger partial charge in [0.25, 0.3) is 0 Å². The van der Waals surface area contributed by atoms with Crippen LogP contribution in [0.2, 0.25) is 0 Å². The Bertz CT molecular complexity index is 838. The third-order valence-corrected chi connectivity index (χ3v) is 6.37. The van der Waals surface area contributed by atoms with Crippen LogP contribution in [0, 0.1) is 11.8 Å². The first-order chi connectivity index (χ1) is 16.6. The van der Waals surface area contributed by atoms with Crippen LogP contribution in [0.1, 0.15) is 87.9 Å². The molecule has 2 aromatic rings. The highest BCUT2D eigenvalue weighted by atomic mass is 16.7. The van der Waals surface area contributed by atoms with Crippen LogP contribution in [0.4, 0.5) is 0 Å². The minimum absolute atomic E-state index is 0.371. The number of benzene rings is 2. The molecule has 0 spiro atoms. The standard InChI is InChI=1S/C29H40O5/c1-4-6-7-8-9-10-23-20-32-29(33-21-23)25-13-11-24(12-14-25)28(30)34-27-17-15-26(16-18-27)31-19-22(3)5-2/h11-18,22-23,29H,4-10,19-21H2,1-3H3/t22-,23-,29-/m0/s1. The van der Waals surface area contributed by atoms with E-state index in [4.69, 9.17) is 18.9 Å². The molecule has 34 heavy (non-hydrogen) atoms. The highest BCUT2D eigenvalue weighted by Crippen LogP contribution is 2.28. The number of carbonyl (C=O) groups is 1. The molecule has 2 aromatic carbocycles. The smallest absolute Gasteiger partial charge is 0.343 e. The summed E-state index contributed by atoms with van der Waals surface area (Å²) in [5.41, 5.74) is 1.40. The van der Waals surface area contributed by atoms with Crippen molar-refractivity contribution in [2.75, 3.05) is 19.8 Å². The van der Waals surface area contributed by atoms with Crippen molar-refractivity contribution in [3.8, 4) is 11.5 Å². The zero-order valence-corrected chi connectivity index (χ0v) is 21.0. The predicted octanol–water partition coefficient (Wildman–Crippen LogP) is 7.35. The van der Waals surface area contributed by atoms with Crippen molar-refractivity contribution in [3.05, 3.63) is 59.7 Å². The van der Waals surface area contributed by atoms with Gasteiger partial charge in [-0.05, 0) is 48.7 Å². The van der Waals surface area contributed by atoms with Crippen molar-refractivity contribution in [2.24, 2.45) is 11.8 Å². The zero-order chi connectivity index (χ0) is 24.2. The maximum Gasteiger partial charge on any atom is 0.343 e. The molecule has 0 aliphatic carbocycles. The summed E-state index contributed by atoms with van der Waals surface area (Å²) in [5, 5.41) is 0. The molecule has 0 unspecified atom stereocenters. The fraction of sp³-hybridized carbons (Fsp3) is 0.552. The van der Waals surface area contributed by atoms with Gasteiger partial charge in [-0.1, -0.05) is 71.4 Å². The monoisotopic (exact) mass is 468 g/mol. The minimum atomic E-state index is -0.395. The summed E-state index contributed by atoms with van der Waals surface area (Å²) in [4.78, 5) is 12.5. The molecule has 1 fully saturated rings. The Morgan fingerprint density at radius 1 is 0.912 bits per heavy atom. The molecular formula is C29H40O5. The molecule has 0 amide bonds. The lowest BCUT2D eigenvalue weighted by Gasteiger charge is -2.29. The predicted molar refractivity (Wildman–Crippen MR) is 134 cm³/mol. The maximum absolute atomic E-state index is 12.5. The highest BCUT2D eigenvalue weighted by molar-refractivity contribution is 5.91. The van der Waals surface area contributed by atoms with Crippen LogP contribution in [0.5, 0.6) is 11.5 Å². The Labute approximate surface area is 204 Å². The van der Waals surface area contributed by atoms with Gasteiger partial charge in [0.2, 0.25) is 0 Å². The largest absolute Gasteiger partial charge is 0.493 e. The molecule has 0 bridgehead atoms. The van der Waals surface area contributed by atoms with E-state index in [0.29, 0.717) is 29.8 Å². The van der Waals surface area contributed by atoms with Gasteiger partial charge in [-0.15, -0.1) is 0 Å². The maximum atomic E-state index is 12.5. The van der Waals surface area contributed by atoms with Crippen molar-refractivity contribution >= 4 is 5.97 Å². The fourth-order valence-corrected chi connectivity index (χ4v) is 3.84. The third-order valence-electron chi connectivity index (χ3n) is 6.37. The number of rotatable bonds is 13. The zero-order valence-electron chi connectivity index (χ0n) is 21.0. The molecule has 0 saturated carbocycles. The van der Waals surface area contributed by atoms with E-state index in [1.165, 1.54) is 32.1 Å². The van der Waals surface area contributed by atoms with E-state index in [-0.39, 0.29) is 6.29 Å².